The lowest BCUT2D eigenvalue weighted by atomic mass is 9.98. The van der Waals surface area contributed by atoms with Crippen LogP contribution < -0.4 is 9.64 Å². The fourth-order valence-corrected chi connectivity index (χ4v) is 3.39. The highest BCUT2D eigenvalue weighted by molar-refractivity contribution is 6.29. The topological polar surface area (TPSA) is 64.0 Å². The molecule has 0 saturated heterocycles. The standard InChI is InChI=1S/C22H16ClF2N5O/c1-31-19-10-9-14(13-28-19)30(18-8-2-7-17(23)29-18)20(15-5-3-11-26-21(15)24)16-6-4-12-27-22(16)25/h2-13,20H,1H3. The summed E-state index contributed by atoms with van der Waals surface area (Å²) in [5.41, 5.74) is 0.769. The smallest absolute Gasteiger partial charge is 0.218 e. The van der Waals surface area contributed by atoms with Crippen molar-refractivity contribution < 1.29 is 13.5 Å². The lowest BCUT2D eigenvalue weighted by Gasteiger charge is -2.33. The molecule has 31 heavy (non-hydrogen) atoms. The summed E-state index contributed by atoms with van der Waals surface area (Å²) in [5.74, 6) is -0.746. The molecule has 0 N–H and O–H groups in total. The molecule has 4 aromatic rings. The molecule has 0 fully saturated rings. The van der Waals surface area contributed by atoms with E-state index in [4.69, 9.17) is 16.3 Å². The quantitative estimate of drug-likeness (QED) is 0.388. The first kappa shape index (κ1) is 20.6. The lowest BCUT2D eigenvalue weighted by Crippen LogP contribution is -2.28. The third-order valence-corrected chi connectivity index (χ3v) is 4.79. The Bertz CT molecular complexity index is 1150. The zero-order valence-corrected chi connectivity index (χ0v) is 17.0. The van der Waals surface area contributed by atoms with Crippen LogP contribution in [0, 0.1) is 11.9 Å². The van der Waals surface area contributed by atoms with Gasteiger partial charge in [-0.2, -0.15) is 8.78 Å². The fraction of sp³-hybridized carbons (Fsp3) is 0.0909. The molecule has 156 valence electrons. The third-order valence-electron chi connectivity index (χ3n) is 4.58. The van der Waals surface area contributed by atoms with E-state index >= 15 is 0 Å². The van der Waals surface area contributed by atoms with Gasteiger partial charge in [0, 0.05) is 29.6 Å². The summed E-state index contributed by atoms with van der Waals surface area (Å²) in [6, 6.07) is 13.6. The minimum Gasteiger partial charge on any atom is -0.481 e. The minimum atomic E-state index is -0.997. The molecule has 4 rings (SSSR count). The monoisotopic (exact) mass is 439 g/mol. The Hall–Kier alpha value is -3.65. The largest absolute Gasteiger partial charge is 0.481 e. The number of ether oxygens (including phenoxy) is 1. The molecular weight excluding hydrogens is 424 g/mol. The molecular formula is C22H16ClF2N5O. The van der Waals surface area contributed by atoms with Crippen molar-refractivity contribution in [3.8, 4) is 5.88 Å². The van der Waals surface area contributed by atoms with Crippen molar-refractivity contribution in [1.29, 1.82) is 0 Å². The van der Waals surface area contributed by atoms with E-state index in [1.54, 1.807) is 47.4 Å². The molecule has 0 aromatic carbocycles. The Labute approximate surface area is 182 Å². The van der Waals surface area contributed by atoms with Gasteiger partial charge in [0.2, 0.25) is 17.8 Å². The normalized spacial score (nSPS) is 10.9. The number of rotatable bonds is 6. The van der Waals surface area contributed by atoms with E-state index in [1.807, 2.05) is 0 Å². The molecule has 0 radical (unpaired) electrons. The first-order chi connectivity index (χ1) is 15.1. The van der Waals surface area contributed by atoms with Crippen molar-refractivity contribution in [2.45, 2.75) is 6.04 Å². The third kappa shape index (κ3) is 4.29. The van der Waals surface area contributed by atoms with Crippen molar-refractivity contribution >= 4 is 23.1 Å². The molecule has 0 bridgehead atoms. The summed E-state index contributed by atoms with van der Waals surface area (Å²) in [6.07, 6.45) is 4.18. The summed E-state index contributed by atoms with van der Waals surface area (Å²) in [7, 11) is 1.50. The Kier molecular flexibility index (Phi) is 5.99. The van der Waals surface area contributed by atoms with Crippen molar-refractivity contribution in [3.05, 3.63) is 101 Å². The summed E-state index contributed by atoms with van der Waals surface area (Å²) in [5, 5.41) is 0.223. The highest BCUT2D eigenvalue weighted by atomic mass is 35.5. The van der Waals surface area contributed by atoms with E-state index in [2.05, 4.69) is 19.9 Å². The second kappa shape index (κ2) is 9.01. The van der Waals surface area contributed by atoms with Crippen LogP contribution >= 0.6 is 11.6 Å². The van der Waals surface area contributed by atoms with Crippen LogP contribution in [0.4, 0.5) is 20.3 Å². The first-order valence-corrected chi connectivity index (χ1v) is 9.59. The van der Waals surface area contributed by atoms with E-state index in [-0.39, 0.29) is 16.3 Å². The second-order valence-corrected chi connectivity index (χ2v) is 6.80. The average molecular weight is 440 g/mol. The van der Waals surface area contributed by atoms with E-state index in [0.29, 0.717) is 17.4 Å². The molecule has 0 unspecified atom stereocenters. The van der Waals surface area contributed by atoms with Gasteiger partial charge in [0.05, 0.1) is 25.0 Å². The molecule has 0 amide bonds. The second-order valence-electron chi connectivity index (χ2n) is 6.42. The number of hydrogen-bond donors (Lipinski definition) is 0. The number of hydrogen-bond acceptors (Lipinski definition) is 6. The Balaban J connectivity index is 1.99. The van der Waals surface area contributed by atoms with Crippen LogP contribution in [0.1, 0.15) is 17.2 Å². The van der Waals surface area contributed by atoms with Gasteiger partial charge in [0.1, 0.15) is 11.0 Å². The average Bonchev–Trinajstić information content (AvgIpc) is 2.79. The van der Waals surface area contributed by atoms with Crippen LogP contribution in [0.2, 0.25) is 5.15 Å². The molecule has 0 aliphatic heterocycles. The predicted molar refractivity (Wildman–Crippen MR) is 112 cm³/mol. The molecule has 0 spiro atoms. The SMILES string of the molecule is COc1ccc(N(c2cccc(Cl)n2)C(c2cccnc2F)c2cccnc2F)cn1. The van der Waals surface area contributed by atoms with E-state index in [9.17, 15) is 8.78 Å². The zero-order valence-electron chi connectivity index (χ0n) is 16.3. The van der Waals surface area contributed by atoms with E-state index < -0.39 is 17.9 Å². The number of nitrogens with zero attached hydrogens (tertiary/aromatic N) is 5. The molecule has 0 aliphatic rings. The van der Waals surface area contributed by atoms with Gasteiger partial charge in [-0.05, 0) is 30.3 Å². The predicted octanol–water partition coefficient (Wildman–Crippen LogP) is 5.13. The molecule has 6 nitrogen and oxygen atoms in total. The number of methoxy groups -OCH3 is 1. The van der Waals surface area contributed by atoms with E-state index in [0.717, 1.165) is 0 Å². The van der Waals surface area contributed by atoms with Crippen molar-refractivity contribution in [1.82, 2.24) is 19.9 Å². The molecule has 4 aromatic heterocycles. The van der Waals surface area contributed by atoms with Crippen molar-refractivity contribution in [2.75, 3.05) is 12.0 Å². The lowest BCUT2D eigenvalue weighted by molar-refractivity contribution is 0.398. The summed E-state index contributed by atoms with van der Waals surface area (Å²) < 4.78 is 34.9. The van der Waals surface area contributed by atoms with Crippen molar-refractivity contribution in [2.24, 2.45) is 0 Å². The molecule has 4 heterocycles. The van der Waals surface area contributed by atoms with Gasteiger partial charge in [-0.1, -0.05) is 29.8 Å². The Morgan fingerprint density at radius 1 is 0.871 bits per heavy atom. The number of pyridine rings is 4. The van der Waals surface area contributed by atoms with Crippen LogP contribution in [-0.2, 0) is 0 Å². The maximum atomic E-state index is 14.9. The summed E-state index contributed by atoms with van der Waals surface area (Å²) in [6.45, 7) is 0. The summed E-state index contributed by atoms with van der Waals surface area (Å²) >= 11 is 6.14. The van der Waals surface area contributed by atoms with Crippen LogP contribution in [0.5, 0.6) is 5.88 Å². The van der Waals surface area contributed by atoms with Crippen LogP contribution in [0.15, 0.2) is 73.2 Å². The van der Waals surface area contributed by atoms with Crippen LogP contribution in [-0.4, -0.2) is 27.0 Å². The van der Waals surface area contributed by atoms with Crippen molar-refractivity contribution in [3.63, 3.8) is 0 Å². The van der Waals surface area contributed by atoms with Gasteiger partial charge in [-0.3, -0.25) is 0 Å². The van der Waals surface area contributed by atoms with Crippen LogP contribution in [0.25, 0.3) is 0 Å². The highest BCUT2D eigenvalue weighted by Crippen LogP contribution is 2.39. The Morgan fingerprint density at radius 2 is 1.55 bits per heavy atom. The summed E-state index contributed by atoms with van der Waals surface area (Å²) in [4.78, 5) is 17.7. The maximum absolute atomic E-state index is 14.9. The minimum absolute atomic E-state index is 0.131. The molecule has 0 saturated carbocycles. The fourth-order valence-electron chi connectivity index (χ4n) is 3.23. The van der Waals surface area contributed by atoms with Gasteiger partial charge in [-0.15, -0.1) is 0 Å². The van der Waals surface area contributed by atoms with Gasteiger partial charge >= 0.3 is 0 Å². The number of anilines is 2. The van der Waals surface area contributed by atoms with Gasteiger partial charge in [0.15, 0.2) is 0 Å². The maximum Gasteiger partial charge on any atom is 0.218 e. The van der Waals surface area contributed by atoms with E-state index in [1.165, 1.54) is 37.8 Å². The van der Waals surface area contributed by atoms with Gasteiger partial charge in [0.25, 0.3) is 0 Å². The molecule has 9 heteroatoms. The Morgan fingerprint density at radius 3 is 2.06 bits per heavy atom. The number of halogens is 3. The van der Waals surface area contributed by atoms with Gasteiger partial charge in [-0.25, -0.2) is 19.9 Å². The van der Waals surface area contributed by atoms with Gasteiger partial charge < -0.3 is 9.64 Å². The number of aromatic nitrogens is 4. The molecule has 0 aliphatic carbocycles. The first-order valence-electron chi connectivity index (χ1n) is 9.21. The van der Waals surface area contributed by atoms with Crippen LogP contribution in [0.3, 0.4) is 0 Å². The molecule has 0 atom stereocenters. The highest BCUT2D eigenvalue weighted by Gasteiger charge is 2.31. The zero-order chi connectivity index (χ0) is 21.8.